The van der Waals surface area contributed by atoms with E-state index in [1.807, 2.05) is 0 Å². The van der Waals surface area contributed by atoms with E-state index >= 15 is 0 Å². The van der Waals surface area contributed by atoms with Crippen LogP contribution in [0, 0.1) is 6.92 Å². The average Bonchev–Trinajstić information content (AvgIpc) is 3.02. The minimum absolute atomic E-state index is 0.648. The summed E-state index contributed by atoms with van der Waals surface area (Å²) in [7, 11) is 0. The standard InChI is InChI=1S/C13H15ClN2/c1-9-2-5-11-12(8-9)16(10-3-4-10)13(15-11)6-7-14/h2,5,8,10H,3-4,6-7H2,1H3. The van der Waals surface area contributed by atoms with Gasteiger partial charge in [0.15, 0.2) is 0 Å². The Morgan fingerprint density at radius 1 is 1.44 bits per heavy atom. The van der Waals surface area contributed by atoms with E-state index in [2.05, 4.69) is 34.7 Å². The molecule has 0 spiro atoms. The number of halogens is 1. The van der Waals surface area contributed by atoms with E-state index in [1.165, 1.54) is 23.9 Å². The number of rotatable bonds is 3. The molecule has 0 aliphatic heterocycles. The van der Waals surface area contributed by atoms with Crippen molar-refractivity contribution in [1.82, 2.24) is 9.55 Å². The lowest BCUT2D eigenvalue weighted by Crippen LogP contribution is -2.02. The molecule has 1 aromatic heterocycles. The van der Waals surface area contributed by atoms with Crippen LogP contribution in [-0.2, 0) is 6.42 Å². The molecule has 0 amide bonds. The van der Waals surface area contributed by atoms with Crippen LogP contribution >= 0.6 is 11.6 Å². The molecular formula is C13H15ClN2. The maximum Gasteiger partial charge on any atom is 0.111 e. The van der Waals surface area contributed by atoms with Crippen molar-refractivity contribution in [3.8, 4) is 0 Å². The first-order valence-corrected chi connectivity index (χ1v) is 6.36. The highest BCUT2D eigenvalue weighted by molar-refractivity contribution is 6.17. The maximum atomic E-state index is 5.84. The van der Waals surface area contributed by atoms with Crippen LogP contribution in [-0.4, -0.2) is 15.4 Å². The second kappa shape index (κ2) is 3.77. The van der Waals surface area contributed by atoms with Gasteiger partial charge in [-0.15, -0.1) is 11.6 Å². The minimum atomic E-state index is 0.648. The lowest BCUT2D eigenvalue weighted by Gasteiger charge is -2.06. The molecule has 0 saturated heterocycles. The molecular weight excluding hydrogens is 220 g/mol. The summed E-state index contributed by atoms with van der Waals surface area (Å²) in [6.45, 7) is 2.13. The highest BCUT2D eigenvalue weighted by atomic mass is 35.5. The number of fused-ring (bicyclic) bond motifs is 1. The molecule has 84 valence electrons. The number of hydrogen-bond donors (Lipinski definition) is 0. The van der Waals surface area contributed by atoms with Gasteiger partial charge >= 0.3 is 0 Å². The molecule has 2 nitrogen and oxygen atoms in total. The Kier molecular flexibility index (Phi) is 2.40. The molecule has 1 aliphatic rings. The molecule has 0 N–H and O–H groups in total. The van der Waals surface area contributed by atoms with Crippen LogP contribution in [0.25, 0.3) is 11.0 Å². The van der Waals surface area contributed by atoms with E-state index in [-0.39, 0.29) is 0 Å². The van der Waals surface area contributed by atoms with E-state index in [0.29, 0.717) is 11.9 Å². The summed E-state index contributed by atoms with van der Waals surface area (Å²) in [6.07, 6.45) is 3.44. The number of nitrogens with zero attached hydrogens (tertiary/aromatic N) is 2. The predicted octanol–water partition coefficient (Wildman–Crippen LogP) is 3.46. The lowest BCUT2D eigenvalue weighted by atomic mass is 10.2. The molecule has 1 heterocycles. The zero-order chi connectivity index (χ0) is 11.1. The largest absolute Gasteiger partial charge is 0.325 e. The fourth-order valence-corrected chi connectivity index (χ4v) is 2.42. The molecule has 2 aromatic rings. The van der Waals surface area contributed by atoms with Crippen molar-refractivity contribution >= 4 is 22.6 Å². The highest BCUT2D eigenvalue weighted by Gasteiger charge is 2.27. The SMILES string of the molecule is Cc1ccc2nc(CCCl)n(C3CC3)c2c1. The van der Waals surface area contributed by atoms with E-state index in [4.69, 9.17) is 11.6 Å². The second-order valence-corrected chi connectivity index (χ2v) is 4.94. The molecule has 1 fully saturated rings. The normalized spacial score (nSPS) is 15.9. The maximum absolute atomic E-state index is 5.84. The molecule has 3 heteroatoms. The Hall–Kier alpha value is -1.02. The number of hydrogen-bond acceptors (Lipinski definition) is 1. The van der Waals surface area contributed by atoms with Crippen molar-refractivity contribution in [3.63, 3.8) is 0 Å². The first-order chi connectivity index (χ1) is 7.79. The van der Waals surface area contributed by atoms with Crippen LogP contribution in [0.3, 0.4) is 0 Å². The molecule has 1 aliphatic carbocycles. The van der Waals surface area contributed by atoms with Gasteiger partial charge < -0.3 is 4.57 Å². The fraction of sp³-hybridized carbons (Fsp3) is 0.462. The van der Waals surface area contributed by atoms with Crippen molar-refractivity contribution in [2.24, 2.45) is 0 Å². The Morgan fingerprint density at radius 3 is 2.94 bits per heavy atom. The quantitative estimate of drug-likeness (QED) is 0.744. The van der Waals surface area contributed by atoms with E-state index < -0.39 is 0 Å². The van der Waals surface area contributed by atoms with Crippen LogP contribution in [0.4, 0.5) is 0 Å². The van der Waals surface area contributed by atoms with Crippen molar-refractivity contribution in [2.75, 3.05) is 5.88 Å². The van der Waals surface area contributed by atoms with Crippen molar-refractivity contribution in [3.05, 3.63) is 29.6 Å². The smallest absolute Gasteiger partial charge is 0.111 e. The first-order valence-electron chi connectivity index (χ1n) is 5.83. The molecule has 0 atom stereocenters. The average molecular weight is 235 g/mol. The van der Waals surface area contributed by atoms with Crippen LogP contribution < -0.4 is 0 Å². The van der Waals surface area contributed by atoms with Gasteiger partial charge in [0.05, 0.1) is 11.0 Å². The van der Waals surface area contributed by atoms with Crippen molar-refractivity contribution in [1.29, 1.82) is 0 Å². The van der Waals surface area contributed by atoms with Crippen LogP contribution in [0.5, 0.6) is 0 Å². The van der Waals surface area contributed by atoms with E-state index in [1.54, 1.807) is 0 Å². The summed E-state index contributed by atoms with van der Waals surface area (Å²) >= 11 is 5.84. The van der Waals surface area contributed by atoms with Crippen molar-refractivity contribution in [2.45, 2.75) is 32.2 Å². The molecule has 1 saturated carbocycles. The van der Waals surface area contributed by atoms with Crippen LogP contribution in [0.1, 0.15) is 30.3 Å². The third-order valence-electron chi connectivity index (χ3n) is 3.15. The van der Waals surface area contributed by atoms with Crippen molar-refractivity contribution < 1.29 is 0 Å². The van der Waals surface area contributed by atoms with Gasteiger partial charge in [-0.1, -0.05) is 6.07 Å². The third-order valence-corrected chi connectivity index (χ3v) is 3.34. The van der Waals surface area contributed by atoms with Gasteiger partial charge in [0.1, 0.15) is 5.82 Å². The lowest BCUT2D eigenvalue weighted by molar-refractivity contribution is 0.709. The number of aryl methyl sites for hydroxylation is 2. The zero-order valence-corrected chi connectivity index (χ0v) is 10.2. The number of benzene rings is 1. The number of imidazole rings is 1. The van der Waals surface area contributed by atoms with Gasteiger partial charge in [0.25, 0.3) is 0 Å². The molecule has 16 heavy (non-hydrogen) atoms. The number of aromatic nitrogens is 2. The Morgan fingerprint density at radius 2 is 2.25 bits per heavy atom. The van der Waals surface area contributed by atoms with E-state index in [0.717, 1.165) is 17.8 Å². The van der Waals surface area contributed by atoms with Gasteiger partial charge in [-0.25, -0.2) is 4.98 Å². The monoisotopic (exact) mass is 234 g/mol. The van der Waals surface area contributed by atoms with Gasteiger partial charge in [-0.05, 0) is 37.5 Å². The molecule has 1 aromatic carbocycles. The van der Waals surface area contributed by atoms with Crippen LogP contribution in [0.2, 0.25) is 0 Å². The topological polar surface area (TPSA) is 17.8 Å². The van der Waals surface area contributed by atoms with Gasteiger partial charge in [0, 0.05) is 18.3 Å². The van der Waals surface area contributed by atoms with Gasteiger partial charge in [0.2, 0.25) is 0 Å². The highest BCUT2D eigenvalue weighted by Crippen LogP contribution is 2.38. The Balaban J connectivity index is 2.21. The zero-order valence-electron chi connectivity index (χ0n) is 9.41. The summed E-state index contributed by atoms with van der Waals surface area (Å²) in [5.41, 5.74) is 3.69. The number of alkyl halides is 1. The molecule has 0 radical (unpaired) electrons. The third kappa shape index (κ3) is 1.61. The summed E-state index contributed by atoms with van der Waals surface area (Å²) in [5, 5.41) is 0. The van der Waals surface area contributed by atoms with Gasteiger partial charge in [-0.3, -0.25) is 0 Å². The summed E-state index contributed by atoms with van der Waals surface area (Å²) in [4.78, 5) is 4.68. The summed E-state index contributed by atoms with van der Waals surface area (Å²) in [5.74, 6) is 1.80. The fourth-order valence-electron chi connectivity index (χ4n) is 2.25. The van der Waals surface area contributed by atoms with E-state index in [9.17, 15) is 0 Å². The summed E-state index contributed by atoms with van der Waals surface area (Å²) < 4.78 is 2.39. The predicted molar refractivity (Wildman–Crippen MR) is 67.2 cm³/mol. The first kappa shape index (κ1) is 10.2. The molecule has 3 rings (SSSR count). The second-order valence-electron chi connectivity index (χ2n) is 4.56. The Bertz CT molecular complexity index is 526. The summed E-state index contributed by atoms with van der Waals surface area (Å²) in [6, 6.07) is 7.14. The van der Waals surface area contributed by atoms with Gasteiger partial charge in [-0.2, -0.15) is 0 Å². The van der Waals surface area contributed by atoms with Crippen LogP contribution in [0.15, 0.2) is 18.2 Å². The Labute approximate surface area is 100 Å². The molecule has 0 unspecified atom stereocenters. The minimum Gasteiger partial charge on any atom is -0.325 e. The molecule has 0 bridgehead atoms.